The van der Waals surface area contributed by atoms with Gasteiger partial charge in [-0.2, -0.15) is 0 Å². The number of fused-ring (bicyclic) bond motifs is 1. The molecule has 0 aliphatic carbocycles. The van der Waals surface area contributed by atoms with Crippen LogP contribution in [0.4, 0.5) is 11.4 Å². The number of hydrogen-bond donors (Lipinski definition) is 1. The Morgan fingerprint density at radius 1 is 1.10 bits per heavy atom. The maximum atomic E-state index is 10.6. The summed E-state index contributed by atoms with van der Waals surface area (Å²) in [5, 5.41) is 21.6. The summed E-state index contributed by atoms with van der Waals surface area (Å²) in [6.07, 6.45) is 1.48. The number of nitro groups is 1. The fourth-order valence-corrected chi connectivity index (χ4v) is 1.99. The molecule has 0 bridgehead atoms. The Balaban J connectivity index is 1.92. The van der Waals surface area contributed by atoms with Crippen LogP contribution in [0.2, 0.25) is 0 Å². The molecule has 0 spiro atoms. The van der Waals surface area contributed by atoms with E-state index < -0.39 is 4.92 Å². The van der Waals surface area contributed by atoms with E-state index in [1.165, 1.54) is 18.3 Å². The molecule has 0 aliphatic heterocycles. The molecule has 0 amide bonds. The van der Waals surface area contributed by atoms with E-state index in [9.17, 15) is 15.2 Å². The van der Waals surface area contributed by atoms with Crippen molar-refractivity contribution >= 4 is 28.4 Å². The molecule has 1 aromatic heterocycles. The highest BCUT2D eigenvalue weighted by Gasteiger charge is 2.09. The zero-order valence-electron chi connectivity index (χ0n) is 10.8. The second kappa shape index (κ2) is 5.09. The minimum Gasteiger partial charge on any atom is -0.480 e. The number of nitrogens with zero attached hydrogens (tertiary/aromatic N) is 2. The van der Waals surface area contributed by atoms with E-state index in [0.717, 1.165) is 5.39 Å². The topological polar surface area (TPSA) is 88.9 Å². The molecule has 3 rings (SSSR count). The molecule has 0 saturated carbocycles. The van der Waals surface area contributed by atoms with Crippen LogP contribution in [0.1, 0.15) is 5.76 Å². The lowest BCUT2D eigenvalue weighted by Crippen LogP contribution is -1.85. The van der Waals surface area contributed by atoms with Crippen LogP contribution in [0.25, 0.3) is 10.8 Å². The highest BCUT2D eigenvalue weighted by atomic mass is 16.6. The third-order valence-corrected chi connectivity index (χ3v) is 3.02. The van der Waals surface area contributed by atoms with Gasteiger partial charge in [0.1, 0.15) is 0 Å². The Bertz CT molecular complexity index is 835. The first-order valence-corrected chi connectivity index (χ1v) is 6.14. The largest absolute Gasteiger partial charge is 0.480 e. The van der Waals surface area contributed by atoms with E-state index in [4.69, 9.17) is 4.42 Å². The summed E-state index contributed by atoms with van der Waals surface area (Å²) in [5.74, 6) is 0.275. The lowest BCUT2D eigenvalue weighted by molar-refractivity contribution is -0.384. The van der Waals surface area contributed by atoms with Crippen molar-refractivity contribution in [2.75, 3.05) is 0 Å². The van der Waals surface area contributed by atoms with Crippen molar-refractivity contribution < 1.29 is 14.4 Å². The number of aromatic hydroxyl groups is 1. The van der Waals surface area contributed by atoms with Crippen molar-refractivity contribution in [1.29, 1.82) is 0 Å². The molecular formula is C15H10N2O4. The molecule has 2 aromatic carbocycles. The van der Waals surface area contributed by atoms with Gasteiger partial charge in [-0.05, 0) is 18.2 Å². The summed E-state index contributed by atoms with van der Waals surface area (Å²) >= 11 is 0. The van der Waals surface area contributed by atoms with Crippen molar-refractivity contribution in [3.8, 4) is 5.95 Å². The van der Waals surface area contributed by atoms with E-state index in [2.05, 4.69) is 4.99 Å². The summed E-state index contributed by atoms with van der Waals surface area (Å²) in [6, 6.07) is 13.0. The summed E-state index contributed by atoms with van der Waals surface area (Å²) in [5.41, 5.74) is 0.565. The number of benzene rings is 2. The molecule has 6 nitrogen and oxygen atoms in total. The lowest BCUT2D eigenvalue weighted by Gasteiger charge is -1.93. The second-order valence-corrected chi connectivity index (χ2v) is 4.35. The molecule has 3 aromatic rings. The third-order valence-electron chi connectivity index (χ3n) is 3.02. The van der Waals surface area contributed by atoms with Gasteiger partial charge in [-0.1, -0.05) is 18.2 Å². The van der Waals surface area contributed by atoms with Crippen LogP contribution in [-0.2, 0) is 0 Å². The molecule has 0 fully saturated rings. The summed E-state index contributed by atoms with van der Waals surface area (Å²) < 4.78 is 5.25. The Labute approximate surface area is 119 Å². The van der Waals surface area contributed by atoms with Crippen molar-refractivity contribution in [2.45, 2.75) is 0 Å². The van der Waals surface area contributed by atoms with Gasteiger partial charge in [-0.3, -0.25) is 15.1 Å². The molecule has 0 radical (unpaired) electrons. The molecule has 0 saturated heterocycles. The molecule has 104 valence electrons. The van der Waals surface area contributed by atoms with Gasteiger partial charge >= 0.3 is 0 Å². The van der Waals surface area contributed by atoms with E-state index >= 15 is 0 Å². The summed E-state index contributed by atoms with van der Waals surface area (Å²) in [7, 11) is 0. The van der Waals surface area contributed by atoms with Crippen molar-refractivity contribution in [1.82, 2.24) is 0 Å². The van der Waals surface area contributed by atoms with E-state index in [1.54, 1.807) is 24.3 Å². The smallest absolute Gasteiger partial charge is 0.290 e. The number of rotatable bonds is 3. The van der Waals surface area contributed by atoms with Gasteiger partial charge in [0, 0.05) is 17.5 Å². The average molecular weight is 282 g/mol. The van der Waals surface area contributed by atoms with Crippen LogP contribution < -0.4 is 0 Å². The Kier molecular flexibility index (Phi) is 3.12. The normalized spacial score (nSPS) is 11.2. The van der Waals surface area contributed by atoms with E-state index in [0.29, 0.717) is 16.8 Å². The van der Waals surface area contributed by atoms with Crippen LogP contribution >= 0.6 is 0 Å². The fourth-order valence-electron chi connectivity index (χ4n) is 1.99. The molecule has 1 heterocycles. The van der Waals surface area contributed by atoms with Gasteiger partial charge in [0.15, 0.2) is 5.76 Å². The highest BCUT2D eigenvalue weighted by Crippen LogP contribution is 2.30. The lowest BCUT2D eigenvalue weighted by atomic mass is 10.2. The first-order valence-electron chi connectivity index (χ1n) is 6.14. The number of aliphatic imine (C=N–C) groups is 1. The molecular weight excluding hydrogens is 272 g/mol. The predicted molar refractivity (Wildman–Crippen MR) is 78.2 cm³/mol. The first-order chi connectivity index (χ1) is 10.1. The Hall–Kier alpha value is -3.15. The number of non-ortho nitro benzene ring substituents is 1. The minimum absolute atomic E-state index is 0.00930. The standard InChI is InChI=1S/C15H10N2O4/c18-15-13-4-2-1-3-12(13)14(21-15)9-16-10-5-7-11(8-6-10)17(19)20/h1-9,18H. The van der Waals surface area contributed by atoms with Gasteiger partial charge in [-0.25, -0.2) is 0 Å². The van der Waals surface area contributed by atoms with Crippen molar-refractivity contribution in [3.05, 3.63) is 64.4 Å². The monoisotopic (exact) mass is 282 g/mol. The Morgan fingerprint density at radius 3 is 2.43 bits per heavy atom. The van der Waals surface area contributed by atoms with Gasteiger partial charge in [0.05, 0.1) is 22.2 Å². The van der Waals surface area contributed by atoms with E-state index in [1.807, 2.05) is 12.1 Å². The molecule has 6 heteroatoms. The number of hydrogen-bond acceptors (Lipinski definition) is 5. The third kappa shape index (κ3) is 2.46. The van der Waals surface area contributed by atoms with Crippen LogP contribution in [0, 0.1) is 10.1 Å². The van der Waals surface area contributed by atoms with Crippen LogP contribution in [-0.4, -0.2) is 16.2 Å². The van der Waals surface area contributed by atoms with Crippen LogP contribution in [0.5, 0.6) is 5.95 Å². The van der Waals surface area contributed by atoms with Gasteiger partial charge in [0.2, 0.25) is 0 Å². The molecule has 0 unspecified atom stereocenters. The SMILES string of the molecule is O=[N+]([O-])c1ccc(N=Cc2oc(O)c3ccccc23)cc1. The molecule has 1 N–H and O–H groups in total. The predicted octanol–water partition coefficient (Wildman–Crippen LogP) is 3.80. The molecule has 0 aliphatic rings. The summed E-state index contributed by atoms with van der Waals surface area (Å²) in [6.45, 7) is 0. The van der Waals surface area contributed by atoms with Crippen LogP contribution in [0.15, 0.2) is 57.9 Å². The first kappa shape index (κ1) is 12.9. The highest BCUT2D eigenvalue weighted by molar-refractivity contribution is 6.00. The maximum Gasteiger partial charge on any atom is 0.290 e. The van der Waals surface area contributed by atoms with Gasteiger partial charge in [-0.15, -0.1) is 0 Å². The van der Waals surface area contributed by atoms with E-state index in [-0.39, 0.29) is 11.6 Å². The summed E-state index contributed by atoms with van der Waals surface area (Å²) in [4.78, 5) is 14.3. The van der Waals surface area contributed by atoms with Gasteiger partial charge in [0.25, 0.3) is 11.6 Å². The van der Waals surface area contributed by atoms with Crippen molar-refractivity contribution in [3.63, 3.8) is 0 Å². The quantitative estimate of drug-likeness (QED) is 0.449. The fraction of sp³-hybridized carbons (Fsp3) is 0. The second-order valence-electron chi connectivity index (χ2n) is 4.35. The average Bonchev–Trinajstić information content (AvgIpc) is 2.83. The van der Waals surface area contributed by atoms with Crippen LogP contribution in [0.3, 0.4) is 0 Å². The van der Waals surface area contributed by atoms with Gasteiger partial charge < -0.3 is 9.52 Å². The maximum absolute atomic E-state index is 10.6. The zero-order valence-corrected chi connectivity index (χ0v) is 10.8. The zero-order chi connectivity index (χ0) is 14.8. The number of furan rings is 1. The number of nitro benzene ring substituents is 1. The minimum atomic E-state index is -0.467. The molecule has 21 heavy (non-hydrogen) atoms. The Morgan fingerprint density at radius 2 is 1.76 bits per heavy atom. The van der Waals surface area contributed by atoms with Crippen molar-refractivity contribution in [2.24, 2.45) is 4.99 Å². The molecule has 0 atom stereocenters.